The molecule has 1 nitrogen and oxygen atoms in total. The van der Waals surface area contributed by atoms with Gasteiger partial charge in [-0.2, -0.15) is 0 Å². The third-order valence-corrected chi connectivity index (χ3v) is 2.48. The maximum atomic E-state index is 4.11. The van der Waals surface area contributed by atoms with E-state index < -0.39 is 0 Å². The van der Waals surface area contributed by atoms with E-state index in [4.69, 9.17) is 0 Å². The number of hydrogen-bond acceptors (Lipinski definition) is 1. The van der Waals surface area contributed by atoms with Crippen molar-refractivity contribution in [3.8, 4) is 0 Å². The van der Waals surface area contributed by atoms with Crippen molar-refractivity contribution in [3.05, 3.63) is 54.9 Å². The van der Waals surface area contributed by atoms with Gasteiger partial charge in [0.25, 0.3) is 0 Å². The Morgan fingerprint density at radius 2 is 1.79 bits per heavy atom. The summed E-state index contributed by atoms with van der Waals surface area (Å²) in [7, 11) is 0. The molecule has 0 unspecified atom stereocenters. The number of hydrogen-bond donors (Lipinski definition) is 0. The minimum absolute atomic E-state index is 1.19. The third kappa shape index (κ3) is 0.990. The van der Waals surface area contributed by atoms with Crippen LogP contribution in [0.5, 0.6) is 0 Å². The maximum absolute atomic E-state index is 4.11. The van der Waals surface area contributed by atoms with Crippen LogP contribution in [0.1, 0.15) is 0 Å². The molecule has 1 aromatic heterocycles. The van der Waals surface area contributed by atoms with Gasteiger partial charge < -0.3 is 0 Å². The Bertz CT molecular complexity index is 544. The number of rotatable bonds is 0. The fourth-order valence-electron chi connectivity index (χ4n) is 1.79. The quantitative estimate of drug-likeness (QED) is 0.482. The first-order chi connectivity index (χ1) is 6.95. The van der Waals surface area contributed by atoms with Crippen LogP contribution in [0.3, 0.4) is 0 Å². The molecule has 0 fully saturated rings. The molecule has 0 saturated carbocycles. The lowest BCUT2D eigenvalue weighted by molar-refractivity contribution is 1.37. The summed E-state index contributed by atoms with van der Waals surface area (Å²) in [6, 6.07) is 15.4. The first kappa shape index (κ1) is 7.51. The van der Waals surface area contributed by atoms with Crippen LogP contribution in [-0.4, -0.2) is 4.98 Å². The highest BCUT2D eigenvalue weighted by Crippen LogP contribution is 2.23. The molecule has 0 saturated heterocycles. The van der Waals surface area contributed by atoms with E-state index in [0.717, 1.165) is 0 Å². The Kier molecular flexibility index (Phi) is 1.51. The predicted octanol–water partition coefficient (Wildman–Crippen LogP) is 3.19. The summed E-state index contributed by atoms with van der Waals surface area (Å²) in [6.45, 7) is 0. The Hall–Kier alpha value is -1.89. The van der Waals surface area contributed by atoms with E-state index in [1.54, 1.807) is 0 Å². The van der Waals surface area contributed by atoms with Gasteiger partial charge in [0, 0.05) is 17.8 Å². The van der Waals surface area contributed by atoms with Gasteiger partial charge in [0.2, 0.25) is 0 Å². The molecule has 0 spiro atoms. The molecule has 0 N–H and O–H groups in total. The molecular weight excluding hydrogens is 170 g/mol. The van der Waals surface area contributed by atoms with Crippen LogP contribution in [0.4, 0.5) is 0 Å². The van der Waals surface area contributed by atoms with Crippen LogP contribution in [0.2, 0.25) is 0 Å². The zero-order valence-corrected chi connectivity index (χ0v) is 7.57. The molecule has 0 aliphatic rings. The van der Waals surface area contributed by atoms with E-state index in [9.17, 15) is 0 Å². The Balaban J connectivity index is 2.61. The lowest BCUT2D eigenvalue weighted by atomic mass is 10.0. The molecule has 0 amide bonds. The topological polar surface area (TPSA) is 12.9 Å². The van der Waals surface area contributed by atoms with Gasteiger partial charge in [-0.25, -0.2) is 0 Å². The average Bonchev–Trinajstić information content (AvgIpc) is 2.29. The number of aromatic nitrogens is 1. The van der Waals surface area contributed by atoms with Crippen molar-refractivity contribution in [1.29, 1.82) is 0 Å². The maximum Gasteiger partial charge on any atom is 0.0346 e. The van der Waals surface area contributed by atoms with Gasteiger partial charge in [0.1, 0.15) is 0 Å². The summed E-state index contributed by atoms with van der Waals surface area (Å²) < 4.78 is 0. The molecule has 3 aromatic rings. The van der Waals surface area contributed by atoms with Crippen LogP contribution in [0.25, 0.3) is 21.5 Å². The van der Waals surface area contributed by atoms with Gasteiger partial charge in [0.15, 0.2) is 0 Å². The molecule has 1 heterocycles. The van der Waals surface area contributed by atoms with Gasteiger partial charge in [-0.15, -0.1) is 0 Å². The number of benzene rings is 2. The summed E-state index contributed by atoms with van der Waals surface area (Å²) in [5.74, 6) is 0. The second-order valence-electron chi connectivity index (χ2n) is 3.31. The molecule has 0 aliphatic heterocycles. The molecule has 65 valence electrons. The number of pyridine rings is 1. The summed E-state index contributed by atoms with van der Waals surface area (Å²) in [6.07, 6.45) is 3.73. The van der Waals surface area contributed by atoms with Crippen molar-refractivity contribution >= 4 is 21.5 Å². The largest absolute Gasteiger partial charge is 0.264 e. The van der Waals surface area contributed by atoms with Crippen LogP contribution >= 0.6 is 0 Å². The highest BCUT2D eigenvalue weighted by molar-refractivity contribution is 6.06. The van der Waals surface area contributed by atoms with Crippen molar-refractivity contribution in [1.82, 2.24) is 4.98 Å². The van der Waals surface area contributed by atoms with Gasteiger partial charge in [-0.1, -0.05) is 24.3 Å². The molecule has 3 rings (SSSR count). The van der Waals surface area contributed by atoms with Gasteiger partial charge in [-0.05, 0) is 34.4 Å². The van der Waals surface area contributed by atoms with Crippen LogP contribution < -0.4 is 0 Å². The SMILES string of the molecule is [c]1ccc2c(c1)ccc1cnccc12. The fourth-order valence-corrected chi connectivity index (χ4v) is 1.79. The first-order valence-electron chi connectivity index (χ1n) is 4.58. The molecular formula is C13H8N. The summed E-state index contributed by atoms with van der Waals surface area (Å²) >= 11 is 0. The lowest BCUT2D eigenvalue weighted by Crippen LogP contribution is -1.78. The Morgan fingerprint density at radius 3 is 2.79 bits per heavy atom. The zero-order chi connectivity index (χ0) is 9.38. The molecule has 1 heteroatoms. The molecule has 1 radical (unpaired) electrons. The summed E-state index contributed by atoms with van der Waals surface area (Å²) in [5, 5.41) is 4.94. The predicted molar refractivity (Wildman–Crippen MR) is 58.1 cm³/mol. The van der Waals surface area contributed by atoms with Gasteiger partial charge >= 0.3 is 0 Å². The van der Waals surface area contributed by atoms with Crippen LogP contribution in [0.15, 0.2) is 48.8 Å². The van der Waals surface area contributed by atoms with Gasteiger partial charge in [0.05, 0.1) is 0 Å². The van der Waals surface area contributed by atoms with Crippen molar-refractivity contribution in [3.63, 3.8) is 0 Å². The Labute approximate surface area is 82.0 Å². The monoisotopic (exact) mass is 178 g/mol. The van der Waals surface area contributed by atoms with Gasteiger partial charge in [-0.3, -0.25) is 4.98 Å². The zero-order valence-electron chi connectivity index (χ0n) is 7.57. The molecule has 0 aliphatic carbocycles. The highest BCUT2D eigenvalue weighted by Gasteiger charge is 1.97. The van der Waals surface area contributed by atoms with Crippen molar-refractivity contribution in [2.75, 3.05) is 0 Å². The highest BCUT2D eigenvalue weighted by atomic mass is 14.6. The van der Waals surface area contributed by atoms with Crippen LogP contribution in [0, 0.1) is 6.07 Å². The number of nitrogens with zero attached hydrogens (tertiary/aromatic N) is 1. The second-order valence-corrected chi connectivity index (χ2v) is 3.31. The molecule has 2 aromatic carbocycles. The smallest absolute Gasteiger partial charge is 0.0346 e. The normalized spacial score (nSPS) is 10.9. The van der Waals surface area contributed by atoms with E-state index in [-0.39, 0.29) is 0 Å². The van der Waals surface area contributed by atoms with Crippen molar-refractivity contribution in [2.24, 2.45) is 0 Å². The first-order valence-corrected chi connectivity index (χ1v) is 4.58. The molecule has 0 bridgehead atoms. The Morgan fingerprint density at radius 1 is 0.929 bits per heavy atom. The minimum Gasteiger partial charge on any atom is -0.264 e. The number of fused-ring (bicyclic) bond motifs is 3. The summed E-state index contributed by atoms with van der Waals surface area (Å²) in [4.78, 5) is 4.11. The standard InChI is InChI=1S/C13H8N/c1-2-4-12-10(3-1)5-6-11-9-14-8-7-13(11)12/h2-9H. The van der Waals surface area contributed by atoms with Crippen molar-refractivity contribution in [2.45, 2.75) is 0 Å². The van der Waals surface area contributed by atoms with E-state index in [1.807, 2.05) is 24.5 Å². The second kappa shape index (κ2) is 2.81. The molecule has 14 heavy (non-hydrogen) atoms. The van der Waals surface area contributed by atoms with E-state index in [0.29, 0.717) is 0 Å². The fraction of sp³-hybridized carbons (Fsp3) is 0. The molecule has 0 atom stereocenters. The van der Waals surface area contributed by atoms with E-state index in [1.165, 1.54) is 21.5 Å². The van der Waals surface area contributed by atoms with Crippen molar-refractivity contribution < 1.29 is 0 Å². The lowest BCUT2D eigenvalue weighted by Gasteiger charge is -2.01. The van der Waals surface area contributed by atoms with E-state index in [2.05, 4.69) is 35.3 Å². The van der Waals surface area contributed by atoms with Crippen LogP contribution in [-0.2, 0) is 0 Å². The minimum atomic E-state index is 1.19. The van der Waals surface area contributed by atoms with E-state index >= 15 is 0 Å². The third-order valence-electron chi connectivity index (χ3n) is 2.48. The average molecular weight is 178 g/mol. The summed E-state index contributed by atoms with van der Waals surface area (Å²) in [5.41, 5.74) is 0.